The maximum Gasteiger partial charge on any atom is 0.326 e. The Morgan fingerprint density at radius 2 is 1.80 bits per heavy atom. The van der Waals surface area contributed by atoms with Crippen LogP contribution in [0.15, 0.2) is 30.3 Å². The van der Waals surface area contributed by atoms with E-state index < -0.39 is 12.0 Å². The van der Waals surface area contributed by atoms with Crippen LogP contribution in [-0.2, 0) is 4.79 Å². The van der Waals surface area contributed by atoms with Gasteiger partial charge in [0.25, 0.3) is 5.91 Å². The zero-order valence-corrected chi connectivity index (χ0v) is 8.68. The van der Waals surface area contributed by atoms with Crippen LogP contribution in [0.5, 0.6) is 0 Å². The fourth-order valence-electron chi connectivity index (χ4n) is 1.13. The molecule has 0 aliphatic rings. The average Bonchev–Trinajstić information content (AvgIpc) is 2.27. The lowest BCUT2D eigenvalue weighted by Crippen LogP contribution is -2.40. The molecule has 0 radical (unpaired) electrons. The third kappa shape index (κ3) is 2.56. The molecule has 0 spiro atoms. The molecule has 0 saturated heterocycles. The lowest BCUT2D eigenvalue weighted by atomic mass is 10.2. The topological polar surface area (TPSA) is 57.6 Å². The van der Waals surface area contributed by atoms with Gasteiger partial charge in [0, 0.05) is 12.6 Å². The maximum atomic E-state index is 11.8. The normalized spacial score (nSPS) is 11.9. The number of likely N-dealkylation sites (N-methyl/N-ethyl adjacent to an activating group) is 1. The van der Waals surface area contributed by atoms with Crippen molar-refractivity contribution in [2.24, 2.45) is 0 Å². The second kappa shape index (κ2) is 4.59. The average molecular weight is 207 g/mol. The van der Waals surface area contributed by atoms with Crippen molar-refractivity contribution in [1.82, 2.24) is 4.90 Å². The summed E-state index contributed by atoms with van der Waals surface area (Å²) in [6, 6.07) is 7.79. The Bertz CT molecular complexity index is 361. The number of hydrogen-bond acceptors (Lipinski definition) is 2. The van der Waals surface area contributed by atoms with E-state index in [4.69, 9.17) is 5.11 Å². The Labute approximate surface area is 88.1 Å². The zero-order chi connectivity index (χ0) is 11.4. The molecule has 1 atom stereocenters. The Kier molecular flexibility index (Phi) is 3.44. The van der Waals surface area contributed by atoms with Crippen LogP contribution < -0.4 is 0 Å². The van der Waals surface area contributed by atoms with Gasteiger partial charge in [-0.1, -0.05) is 18.2 Å². The predicted octanol–water partition coefficient (Wildman–Crippen LogP) is 1.23. The van der Waals surface area contributed by atoms with Crippen LogP contribution in [0.2, 0.25) is 0 Å². The summed E-state index contributed by atoms with van der Waals surface area (Å²) in [5.41, 5.74) is 0.494. The van der Waals surface area contributed by atoms with E-state index in [1.54, 1.807) is 30.3 Å². The smallest absolute Gasteiger partial charge is 0.326 e. The summed E-state index contributed by atoms with van der Waals surface area (Å²) in [4.78, 5) is 23.6. The molecule has 0 aliphatic carbocycles. The van der Waals surface area contributed by atoms with Crippen LogP contribution >= 0.6 is 0 Å². The number of carbonyl (C=O) groups excluding carboxylic acids is 1. The summed E-state index contributed by atoms with van der Waals surface area (Å²) in [6.45, 7) is 1.48. The minimum absolute atomic E-state index is 0.287. The van der Waals surface area contributed by atoms with Gasteiger partial charge in [0.05, 0.1) is 0 Å². The number of nitrogens with zero attached hydrogens (tertiary/aromatic N) is 1. The highest BCUT2D eigenvalue weighted by atomic mass is 16.4. The summed E-state index contributed by atoms with van der Waals surface area (Å²) in [6.07, 6.45) is 0. The second-order valence-corrected chi connectivity index (χ2v) is 3.30. The van der Waals surface area contributed by atoms with Gasteiger partial charge in [-0.15, -0.1) is 0 Å². The minimum Gasteiger partial charge on any atom is -0.480 e. The molecular weight excluding hydrogens is 194 g/mol. The van der Waals surface area contributed by atoms with E-state index in [-0.39, 0.29) is 5.91 Å². The van der Waals surface area contributed by atoms with Crippen molar-refractivity contribution in [2.45, 2.75) is 13.0 Å². The molecule has 1 amide bonds. The standard InChI is InChI=1S/C11H13NO3/c1-8(11(14)15)12(2)10(13)9-6-4-3-5-7-9/h3-8H,1-2H3,(H,14,15)/t8-/m1/s1. The quantitative estimate of drug-likeness (QED) is 0.811. The van der Waals surface area contributed by atoms with Gasteiger partial charge in [-0.25, -0.2) is 4.79 Å². The highest BCUT2D eigenvalue weighted by Crippen LogP contribution is 2.06. The first-order valence-electron chi connectivity index (χ1n) is 4.59. The van der Waals surface area contributed by atoms with Crippen LogP contribution in [0.1, 0.15) is 17.3 Å². The van der Waals surface area contributed by atoms with Crippen LogP contribution in [0.25, 0.3) is 0 Å². The third-order valence-corrected chi connectivity index (χ3v) is 2.28. The van der Waals surface area contributed by atoms with Crippen molar-refractivity contribution in [3.63, 3.8) is 0 Å². The van der Waals surface area contributed by atoms with Gasteiger partial charge in [0.15, 0.2) is 0 Å². The fraction of sp³-hybridized carbons (Fsp3) is 0.273. The van der Waals surface area contributed by atoms with E-state index in [0.29, 0.717) is 5.56 Å². The van der Waals surface area contributed by atoms with E-state index in [1.807, 2.05) is 0 Å². The highest BCUT2D eigenvalue weighted by Gasteiger charge is 2.22. The molecule has 0 unspecified atom stereocenters. The molecule has 0 saturated carbocycles. The van der Waals surface area contributed by atoms with Crippen molar-refractivity contribution in [3.05, 3.63) is 35.9 Å². The van der Waals surface area contributed by atoms with Gasteiger partial charge in [0.2, 0.25) is 0 Å². The molecular formula is C11H13NO3. The van der Waals surface area contributed by atoms with Crippen molar-refractivity contribution in [1.29, 1.82) is 0 Å². The minimum atomic E-state index is -1.01. The second-order valence-electron chi connectivity index (χ2n) is 3.30. The number of carboxylic acid groups (broad SMARTS) is 1. The summed E-state index contributed by atoms with van der Waals surface area (Å²) in [5.74, 6) is -1.30. The Morgan fingerprint density at radius 1 is 1.27 bits per heavy atom. The summed E-state index contributed by atoms with van der Waals surface area (Å²) in [7, 11) is 1.48. The molecule has 1 aromatic carbocycles. The molecule has 1 rings (SSSR count). The van der Waals surface area contributed by atoms with Gasteiger partial charge in [-0.3, -0.25) is 4.79 Å². The maximum absolute atomic E-state index is 11.8. The summed E-state index contributed by atoms with van der Waals surface area (Å²) < 4.78 is 0. The van der Waals surface area contributed by atoms with E-state index >= 15 is 0 Å². The lowest BCUT2D eigenvalue weighted by molar-refractivity contribution is -0.141. The third-order valence-electron chi connectivity index (χ3n) is 2.28. The monoisotopic (exact) mass is 207 g/mol. The van der Waals surface area contributed by atoms with E-state index in [9.17, 15) is 9.59 Å². The fourth-order valence-corrected chi connectivity index (χ4v) is 1.13. The van der Waals surface area contributed by atoms with Gasteiger partial charge in [0.1, 0.15) is 6.04 Å². The largest absolute Gasteiger partial charge is 0.480 e. The van der Waals surface area contributed by atoms with Crippen LogP contribution in [0, 0.1) is 0 Å². The van der Waals surface area contributed by atoms with Gasteiger partial charge in [-0.2, -0.15) is 0 Å². The molecule has 0 fully saturated rings. The number of aliphatic carboxylic acids is 1. The number of carboxylic acids is 1. The number of benzene rings is 1. The molecule has 1 aromatic rings. The number of rotatable bonds is 3. The van der Waals surface area contributed by atoms with E-state index in [0.717, 1.165) is 0 Å². The highest BCUT2D eigenvalue weighted by molar-refractivity contribution is 5.96. The van der Waals surface area contributed by atoms with Crippen molar-refractivity contribution >= 4 is 11.9 Å². The SMILES string of the molecule is C[C@H](C(=O)O)N(C)C(=O)c1ccccc1. The molecule has 1 N–H and O–H groups in total. The van der Waals surface area contributed by atoms with Crippen LogP contribution in [-0.4, -0.2) is 35.0 Å². The van der Waals surface area contributed by atoms with E-state index in [2.05, 4.69) is 0 Å². The molecule has 0 aliphatic heterocycles. The molecule has 4 nitrogen and oxygen atoms in total. The molecule has 80 valence electrons. The summed E-state index contributed by atoms with van der Waals surface area (Å²) >= 11 is 0. The molecule has 0 heterocycles. The van der Waals surface area contributed by atoms with E-state index in [1.165, 1.54) is 18.9 Å². The molecule has 0 bridgehead atoms. The van der Waals surface area contributed by atoms with Crippen LogP contribution in [0.4, 0.5) is 0 Å². The molecule has 4 heteroatoms. The van der Waals surface area contributed by atoms with Crippen LogP contribution in [0.3, 0.4) is 0 Å². The predicted molar refractivity (Wildman–Crippen MR) is 55.6 cm³/mol. The van der Waals surface area contributed by atoms with Crippen molar-refractivity contribution in [3.8, 4) is 0 Å². The molecule has 0 aromatic heterocycles. The Morgan fingerprint density at radius 3 is 2.27 bits per heavy atom. The molecule has 15 heavy (non-hydrogen) atoms. The zero-order valence-electron chi connectivity index (χ0n) is 8.68. The number of carbonyl (C=O) groups is 2. The first kappa shape index (κ1) is 11.2. The first-order chi connectivity index (χ1) is 7.04. The van der Waals surface area contributed by atoms with Gasteiger partial charge >= 0.3 is 5.97 Å². The lowest BCUT2D eigenvalue weighted by Gasteiger charge is -2.21. The Hall–Kier alpha value is -1.84. The van der Waals surface area contributed by atoms with Crippen molar-refractivity contribution < 1.29 is 14.7 Å². The summed E-state index contributed by atoms with van der Waals surface area (Å²) in [5, 5.41) is 8.75. The number of amides is 1. The number of hydrogen-bond donors (Lipinski definition) is 1. The van der Waals surface area contributed by atoms with Crippen molar-refractivity contribution in [2.75, 3.05) is 7.05 Å². The van der Waals surface area contributed by atoms with Gasteiger partial charge < -0.3 is 10.0 Å². The Balaban J connectivity index is 2.82. The first-order valence-corrected chi connectivity index (χ1v) is 4.59. The van der Waals surface area contributed by atoms with Gasteiger partial charge in [-0.05, 0) is 19.1 Å².